The van der Waals surface area contributed by atoms with E-state index in [0.717, 1.165) is 56.2 Å². The molecular weight excluding hydrogens is 342 g/mol. The first kappa shape index (κ1) is 18.0. The molecule has 1 aliphatic carbocycles. The van der Waals surface area contributed by atoms with E-state index in [1.165, 1.54) is 12.8 Å². The Morgan fingerprint density at radius 3 is 2.63 bits per heavy atom. The van der Waals surface area contributed by atoms with Crippen LogP contribution in [0.15, 0.2) is 30.3 Å². The summed E-state index contributed by atoms with van der Waals surface area (Å²) in [6.07, 6.45) is 5.77. The van der Waals surface area contributed by atoms with Crippen molar-refractivity contribution in [3.05, 3.63) is 42.0 Å². The number of nitrogens with zero attached hydrogens (tertiary/aromatic N) is 3. The molecule has 0 spiro atoms. The Hall–Kier alpha value is -2.41. The molecule has 2 N–H and O–H groups in total. The summed E-state index contributed by atoms with van der Waals surface area (Å²) in [6, 6.07) is 10.4. The van der Waals surface area contributed by atoms with Crippen LogP contribution in [0.4, 0.5) is 4.79 Å². The number of para-hydroxylation sites is 1. The molecule has 7 heteroatoms. The highest BCUT2D eigenvalue weighted by molar-refractivity contribution is 5.74. The van der Waals surface area contributed by atoms with Gasteiger partial charge in [0.25, 0.3) is 0 Å². The van der Waals surface area contributed by atoms with Crippen LogP contribution in [0.2, 0.25) is 0 Å². The van der Waals surface area contributed by atoms with E-state index in [2.05, 4.69) is 37.5 Å². The summed E-state index contributed by atoms with van der Waals surface area (Å²) in [5.74, 6) is 2.57. The molecule has 0 bridgehead atoms. The Morgan fingerprint density at radius 1 is 1.11 bits per heavy atom. The predicted octanol–water partition coefficient (Wildman–Crippen LogP) is 2.56. The summed E-state index contributed by atoms with van der Waals surface area (Å²) < 4.78 is 7.51. The van der Waals surface area contributed by atoms with Crippen LogP contribution in [0.1, 0.15) is 49.7 Å². The van der Waals surface area contributed by atoms with Gasteiger partial charge < -0.3 is 15.4 Å². The summed E-state index contributed by atoms with van der Waals surface area (Å²) >= 11 is 0. The van der Waals surface area contributed by atoms with E-state index in [4.69, 9.17) is 4.74 Å². The number of ether oxygens (including phenoxy) is 1. The largest absolute Gasteiger partial charge is 0.381 e. The fraction of sp³-hybridized carbons (Fsp3) is 0.550. The fourth-order valence-electron chi connectivity index (χ4n) is 3.48. The average Bonchev–Trinajstić information content (AvgIpc) is 3.46. The second-order valence-electron chi connectivity index (χ2n) is 7.31. The van der Waals surface area contributed by atoms with E-state index in [1.807, 2.05) is 18.2 Å². The lowest BCUT2D eigenvalue weighted by Crippen LogP contribution is -2.44. The van der Waals surface area contributed by atoms with Crippen molar-refractivity contribution < 1.29 is 9.53 Å². The number of rotatable bonds is 7. The van der Waals surface area contributed by atoms with Crippen molar-refractivity contribution in [1.82, 2.24) is 25.4 Å². The normalized spacial score (nSPS) is 17.6. The molecule has 0 radical (unpaired) electrons. The summed E-state index contributed by atoms with van der Waals surface area (Å²) in [6.45, 7) is 2.07. The van der Waals surface area contributed by atoms with Crippen LogP contribution in [0.3, 0.4) is 0 Å². The highest BCUT2D eigenvalue weighted by atomic mass is 16.5. The zero-order valence-corrected chi connectivity index (χ0v) is 15.6. The van der Waals surface area contributed by atoms with E-state index >= 15 is 0 Å². The van der Waals surface area contributed by atoms with Crippen LogP contribution in [-0.4, -0.2) is 46.6 Å². The molecule has 1 aliphatic heterocycles. The minimum Gasteiger partial charge on any atom is -0.381 e. The average molecular weight is 369 g/mol. The number of aromatic nitrogens is 3. The molecule has 1 saturated carbocycles. The molecule has 0 atom stereocenters. The van der Waals surface area contributed by atoms with Crippen LogP contribution in [0, 0.1) is 0 Å². The maximum Gasteiger partial charge on any atom is 0.315 e. The molecule has 2 aromatic rings. The van der Waals surface area contributed by atoms with Gasteiger partial charge in [0.1, 0.15) is 11.6 Å². The molecule has 7 nitrogen and oxygen atoms in total. The van der Waals surface area contributed by atoms with Crippen molar-refractivity contribution in [2.75, 3.05) is 19.8 Å². The van der Waals surface area contributed by atoms with Crippen molar-refractivity contribution in [2.24, 2.45) is 0 Å². The smallest absolute Gasteiger partial charge is 0.315 e. The first-order chi connectivity index (χ1) is 13.3. The molecule has 2 amide bonds. The van der Waals surface area contributed by atoms with Gasteiger partial charge in [0.05, 0.1) is 0 Å². The number of carbonyl (C=O) groups is 1. The first-order valence-corrected chi connectivity index (χ1v) is 9.93. The predicted molar refractivity (Wildman–Crippen MR) is 102 cm³/mol. The maximum atomic E-state index is 12.0. The van der Waals surface area contributed by atoms with Crippen molar-refractivity contribution in [3.63, 3.8) is 0 Å². The van der Waals surface area contributed by atoms with Gasteiger partial charge in [0.2, 0.25) is 0 Å². The Labute approximate surface area is 159 Å². The fourth-order valence-corrected chi connectivity index (χ4v) is 3.48. The van der Waals surface area contributed by atoms with Crippen molar-refractivity contribution in [3.8, 4) is 5.69 Å². The molecule has 1 aromatic heterocycles. The van der Waals surface area contributed by atoms with Gasteiger partial charge in [-0.1, -0.05) is 18.2 Å². The van der Waals surface area contributed by atoms with E-state index in [9.17, 15) is 4.79 Å². The monoisotopic (exact) mass is 369 g/mol. The number of hydrogen-bond donors (Lipinski definition) is 2. The number of urea groups is 1. The van der Waals surface area contributed by atoms with Gasteiger partial charge in [0.15, 0.2) is 0 Å². The van der Waals surface area contributed by atoms with Gasteiger partial charge >= 0.3 is 6.03 Å². The number of hydrogen-bond acceptors (Lipinski definition) is 4. The summed E-state index contributed by atoms with van der Waals surface area (Å²) in [4.78, 5) is 12.0. The second kappa shape index (κ2) is 8.52. The molecule has 1 aromatic carbocycles. The molecule has 2 aliphatic rings. The van der Waals surface area contributed by atoms with Gasteiger partial charge in [0, 0.05) is 43.8 Å². The van der Waals surface area contributed by atoms with E-state index in [0.29, 0.717) is 12.5 Å². The number of benzene rings is 1. The summed E-state index contributed by atoms with van der Waals surface area (Å²) in [5.41, 5.74) is 1.12. The zero-order valence-electron chi connectivity index (χ0n) is 15.6. The Morgan fingerprint density at radius 2 is 1.89 bits per heavy atom. The standard InChI is InChI=1S/C20H27N5O2/c26-20(22-16-10-13-27-14-11-16)21-12-4-7-18-23-24-19(15-8-9-15)25(18)17-5-2-1-3-6-17/h1-3,5-6,15-16H,4,7-14H2,(H2,21,22,26). The highest BCUT2D eigenvalue weighted by Gasteiger charge is 2.30. The van der Waals surface area contributed by atoms with Gasteiger partial charge in [-0.05, 0) is 44.2 Å². The van der Waals surface area contributed by atoms with Crippen LogP contribution in [-0.2, 0) is 11.2 Å². The van der Waals surface area contributed by atoms with Crippen molar-refractivity contribution in [1.29, 1.82) is 0 Å². The molecule has 4 rings (SSSR count). The third-order valence-electron chi connectivity index (χ3n) is 5.13. The Bertz CT molecular complexity index is 751. The van der Waals surface area contributed by atoms with Crippen molar-refractivity contribution in [2.45, 2.75) is 50.5 Å². The Kier molecular flexibility index (Phi) is 5.67. The second-order valence-corrected chi connectivity index (χ2v) is 7.31. The summed E-state index contributed by atoms with van der Waals surface area (Å²) in [5, 5.41) is 14.9. The van der Waals surface area contributed by atoms with Gasteiger partial charge in [-0.15, -0.1) is 10.2 Å². The highest BCUT2D eigenvalue weighted by Crippen LogP contribution is 2.40. The number of carbonyl (C=O) groups excluding carboxylic acids is 1. The minimum absolute atomic E-state index is 0.0925. The number of nitrogens with one attached hydrogen (secondary N) is 2. The van der Waals surface area contributed by atoms with E-state index in [1.54, 1.807) is 0 Å². The van der Waals surface area contributed by atoms with Gasteiger partial charge in [-0.25, -0.2) is 4.79 Å². The minimum atomic E-state index is -0.0925. The van der Waals surface area contributed by atoms with E-state index in [-0.39, 0.29) is 12.1 Å². The SMILES string of the molecule is O=C(NCCCc1nnc(C2CC2)n1-c1ccccc1)NC1CCOCC1. The molecular formula is C20H27N5O2. The lowest BCUT2D eigenvalue weighted by molar-refractivity contribution is 0.0801. The topological polar surface area (TPSA) is 81.1 Å². The van der Waals surface area contributed by atoms with Crippen LogP contribution in [0.25, 0.3) is 5.69 Å². The maximum absolute atomic E-state index is 12.0. The lowest BCUT2D eigenvalue weighted by Gasteiger charge is -2.23. The van der Waals surface area contributed by atoms with Gasteiger partial charge in [-0.2, -0.15) is 0 Å². The van der Waals surface area contributed by atoms with E-state index < -0.39 is 0 Å². The third-order valence-corrected chi connectivity index (χ3v) is 5.13. The number of amides is 2. The third kappa shape index (κ3) is 4.66. The molecule has 2 heterocycles. The van der Waals surface area contributed by atoms with Crippen molar-refractivity contribution >= 4 is 6.03 Å². The van der Waals surface area contributed by atoms with Crippen LogP contribution in [0.5, 0.6) is 0 Å². The quantitative estimate of drug-likeness (QED) is 0.735. The first-order valence-electron chi connectivity index (χ1n) is 9.93. The number of aryl methyl sites for hydroxylation is 1. The molecule has 1 saturated heterocycles. The zero-order chi connectivity index (χ0) is 18.5. The molecule has 2 fully saturated rings. The lowest BCUT2D eigenvalue weighted by atomic mass is 10.1. The van der Waals surface area contributed by atoms with Crippen LogP contribution < -0.4 is 10.6 Å². The van der Waals surface area contributed by atoms with Crippen LogP contribution >= 0.6 is 0 Å². The Balaban J connectivity index is 1.30. The molecule has 27 heavy (non-hydrogen) atoms. The molecule has 144 valence electrons. The van der Waals surface area contributed by atoms with Gasteiger partial charge in [-0.3, -0.25) is 4.57 Å². The summed E-state index contributed by atoms with van der Waals surface area (Å²) in [7, 11) is 0. The molecule has 0 unspecified atom stereocenters.